The molecular weight excluding hydrogens is 416 g/mol. The van der Waals surface area contributed by atoms with E-state index in [1.165, 1.54) is 5.56 Å². The quantitative estimate of drug-likeness (QED) is 0.505. The van der Waals surface area contributed by atoms with Crippen molar-refractivity contribution in [2.75, 3.05) is 29.5 Å². The van der Waals surface area contributed by atoms with Crippen LogP contribution in [-0.4, -0.2) is 43.8 Å². The van der Waals surface area contributed by atoms with Gasteiger partial charge in [0.2, 0.25) is 17.8 Å². The number of piperidine rings is 1. The van der Waals surface area contributed by atoms with Crippen molar-refractivity contribution in [2.24, 2.45) is 5.92 Å². The third kappa shape index (κ3) is 6.01. The number of para-hydroxylation sites is 1. The molecular formula is C24H30N8O. The van der Waals surface area contributed by atoms with Crippen LogP contribution in [0.1, 0.15) is 36.7 Å². The van der Waals surface area contributed by atoms with Gasteiger partial charge in [-0.05, 0) is 68.6 Å². The summed E-state index contributed by atoms with van der Waals surface area (Å²) < 4.78 is 0. The normalized spacial score (nSPS) is 14.7. The Hall–Kier alpha value is -3.59. The predicted molar refractivity (Wildman–Crippen MR) is 129 cm³/mol. The van der Waals surface area contributed by atoms with E-state index in [0.717, 1.165) is 43.6 Å². The van der Waals surface area contributed by atoms with E-state index in [-0.39, 0.29) is 17.8 Å². The molecule has 33 heavy (non-hydrogen) atoms. The second kappa shape index (κ2) is 10.4. The number of nitrogens with zero attached hydrogens (tertiary/aromatic N) is 5. The van der Waals surface area contributed by atoms with E-state index in [9.17, 15) is 4.79 Å². The number of pyridine rings is 1. The van der Waals surface area contributed by atoms with Crippen molar-refractivity contribution in [3.05, 3.63) is 59.5 Å². The van der Waals surface area contributed by atoms with Crippen molar-refractivity contribution < 1.29 is 4.79 Å². The molecule has 1 aliphatic rings. The molecule has 1 amide bonds. The van der Waals surface area contributed by atoms with Gasteiger partial charge in [0.1, 0.15) is 11.6 Å². The van der Waals surface area contributed by atoms with E-state index >= 15 is 0 Å². The summed E-state index contributed by atoms with van der Waals surface area (Å²) in [5.74, 6) is 1.85. The third-order valence-corrected chi connectivity index (χ3v) is 5.83. The van der Waals surface area contributed by atoms with Gasteiger partial charge in [-0.2, -0.15) is 15.0 Å². The Kier molecular flexibility index (Phi) is 7.09. The summed E-state index contributed by atoms with van der Waals surface area (Å²) in [6.07, 6.45) is 4.15. The number of carbonyl (C=O) groups is 1. The molecule has 172 valence electrons. The fourth-order valence-electron chi connectivity index (χ4n) is 4.02. The number of nitrogens with two attached hydrogens (primary N) is 1. The standard InChI is InChI=1S/C24H30N8O/c1-3-17-6-4-5-7-19(17)27-24-30-21(29-23(25)31-24)15-32-12-9-18(10-13-32)22(33)28-20-14-16(2)8-11-26-20/h4-8,11,14,18H,3,9-10,12-13,15H2,1-2H3,(H,26,28,33)(H3,25,27,29,30,31). The van der Waals surface area contributed by atoms with Crippen molar-refractivity contribution in [3.8, 4) is 0 Å². The molecule has 1 fully saturated rings. The number of anilines is 4. The summed E-state index contributed by atoms with van der Waals surface area (Å²) in [5.41, 5.74) is 9.17. The zero-order chi connectivity index (χ0) is 23.2. The number of benzene rings is 1. The number of rotatable bonds is 7. The Labute approximate surface area is 193 Å². The monoisotopic (exact) mass is 446 g/mol. The minimum Gasteiger partial charge on any atom is -0.368 e. The number of hydrogen-bond donors (Lipinski definition) is 3. The Morgan fingerprint density at radius 3 is 2.70 bits per heavy atom. The van der Waals surface area contributed by atoms with Crippen LogP contribution >= 0.6 is 0 Å². The van der Waals surface area contributed by atoms with E-state index in [4.69, 9.17) is 5.73 Å². The molecule has 1 aromatic carbocycles. The van der Waals surface area contributed by atoms with Gasteiger partial charge in [0.25, 0.3) is 0 Å². The number of nitrogen functional groups attached to an aromatic ring is 1. The Morgan fingerprint density at radius 2 is 1.94 bits per heavy atom. The average molecular weight is 447 g/mol. The van der Waals surface area contributed by atoms with Crippen molar-refractivity contribution in [1.29, 1.82) is 0 Å². The number of nitrogens with one attached hydrogen (secondary N) is 2. The smallest absolute Gasteiger partial charge is 0.232 e. The number of aryl methyl sites for hydroxylation is 2. The lowest BCUT2D eigenvalue weighted by molar-refractivity contribution is -0.121. The van der Waals surface area contributed by atoms with Crippen molar-refractivity contribution in [2.45, 2.75) is 39.7 Å². The van der Waals surface area contributed by atoms with Gasteiger partial charge >= 0.3 is 0 Å². The Bertz CT molecular complexity index is 1110. The molecule has 0 radical (unpaired) electrons. The van der Waals surface area contributed by atoms with E-state index in [1.54, 1.807) is 6.20 Å². The average Bonchev–Trinajstić information content (AvgIpc) is 2.79. The molecule has 9 heteroatoms. The Balaban J connectivity index is 1.34. The molecule has 0 spiro atoms. The first-order valence-electron chi connectivity index (χ1n) is 11.3. The van der Waals surface area contributed by atoms with Crippen LogP contribution in [0, 0.1) is 12.8 Å². The van der Waals surface area contributed by atoms with Gasteiger partial charge in [-0.3, -0.25) is 9.69 Å². The highest BCUT2D eigenvalue weighted by Gasteiger charge is 2.26. The molecule has 3 heterocycles. The highest BCUT2D eigenvalue weighted by Crippen LogP contribution is 2.22. The van der Waals surface area contributed by atoms with Crippen molar-refractivity contribution in [1.82, 2.24) is 24.8 Å². The topological polar surface area (TPSA) is 122 Å². The molecule has 1 saturated heterocycles. The van der Waals surface area contributed by atoms with Gasteiger partial charge in [0.05, 0.1) is 6.54 Å². The van der Waals surface area contributed by atoms with Crippen molar-refractivity contribution in [3.63, 3.8) is 0 Å². The molecule has 9 nitrogen and oxygen atoms in total. The molecule has 2 aromatic heterocycles. The molecule has 0 atom stereocenters. The second-order valence-electron chi connectivity index (χ2n) is 8.33. The van der Waals surface area contributed by atoms with Crippen LogP contribution in [0.5, 0.6) is 0 Å². The number of likely N-dealkylation sites (tertiary alicyclic amines) is 1. The van der Waals surface area contributed by atoms with Crippen LogP contribution in [0.15, 0.2) is 42.6 Å². The highest BCUT2D eigenvalue weighted by atomic mass is 16.1. The van der Waals surface area contributed by atoms with Gasteiger partial charge < -0.3 is 16.4 Å². The molecule has 3 aromatic rings. The number of carbonyl (C=O) groups excluding carboxylic acids is 1. The Morgan fingerprint density at radius 1 is 1.15 bits per heavy atom. The first-order valence-corrected chi connectivity index (χ1v) is 11.3. The van der Waals surface area contributed by atoms with E-state index in [0.29, 0.717) is 24.1 Å². The summed E-state index contributed by atoms with van der Waals surface area (Å²) in [4.78, 5) is 32.2. The van der Waals surface area contributed by atoms with Crippen LogP contribution in [0.25, 0.3) is 0 Å². The van der Waals surface area contributed by atoms with Gasteiger partial charge in [-0.15, -0.1) is 0 Å². The largest absolute Gasteiger partial charge is 0.368 e. The fraction of sp³-hybridized carbons (Fsp3) is 0.375. The summed E-state index contributed by atoms with van der Waals surface area (Å²) in [7, 11) is 0. The van der Waals surface area contributed by atoms with Gasteiger partial charge in [-0.1, -0.05) is 25.1 Å². The maximum atomic E-state index is 12.6. The molecule has 0 unspecified atom stereocenters. The SMILES string of the molecule is CCc1ccccc1Nc1nc(N)nc(CN2CCC(C(=O)Nc3cc(C)ccn3)CC2)n1. The van der Waals surface area contributed by atoms with Crippen LogP contribution in [0.2, 0.25) is 0 Å². The van der Waals surface area contributed by atoms with Crippen molar-refractivity contribution >= 4 is 29.3 Å². The van der Waals surface area contributed by atoms with Crippen LogP contribution in [0.3, 0.4) is 0 Å². The van der Waals surface area contributed by atoms with Crippen LogP contribution in [-0.2, 0) is 17.8 Å². The van der Waals surface area contributed by atoms with E-state index < -0.39 is 0 Å². The maximum absolute atomic E-state index is 12.6. The summed E-state index contributed by atoms with van der Waals surface area (Å²) in [5, 5.41) is 6.21. The summed E-state index contributed by atoms with van der Waals surface area (Å²) in [6.45, 7) is 6.21. The van der Waals surface area contributed by atoms with Gasteiger partial charge in [0, 0.05) is 17.8 Å². The minimum absolute atomic E-state index is 0.0261. The summed E-state index contributed by atoms with van der Waals surface area (Å²) >= 11 is 0. The molecule has 4 N–H and O–H groups in total. The molecule has 0 bridgehead atoms. The zero-order valence-electron chi connectivity index (χ0n) is 19.1. The molecule has 0 saturated carbocycles. The van der Waals surface area contributed by atoms with E-state index in [1.807, 2.05) is 37.3 Å². The molecule has 4 rings (SSSR count). The third-order valence-electron chi connectivity index (χ3n) is 5.83. The second-order valence-corrected chi connectivity index (χ2v) is 8.33. The lowest BCUT2D eigenvalue weighted by Gasteiger charge is -2.30. The number of aromatic nitrogens is 4. The first-order chi connectivity index (χ1) is 16.0. The lowest BCUT2D eigenvalue weighted by Crippen LogP contribution is -2.38. The lowest BCUT2D eigenvalue weighted by atomic mass is 9.96. The number of amides is 1. The van der Waals surface area contributed by atoms with Gasteiger partial charge in [0.15, 0.2) is 0 Å². The predicted octanol–water partition coefficient (Wildman–Crippen LogP) is 3.31. The maximum Gasteiger partial charge on any atom is 0.232 e. The first kappa shape index (κ1) is 22.6. The fourth-order valence-corrected chi connectivity index (χ4v) is 4.02. The van der Waals surface area contributed by atoms with E-state index in [2.05, 4.69) is 48.5 Å². The highest BCUT2D eigenvalue weighted by molar-refractivity contribution is 5.91. The van der Waals surface area contributed by atoms with Gasteiger partial charge in [-0.25, -0.2) is 4.98 Å². The van der Waals surface area contributed by atoms with Crippen LogP contribution in [0.4, 0.5) is 23.4 Å². The zero-order valence-corrected chi connectivity index (χ0v) is 19.1. The molecule has 1 aliphatic heterocycles. The number of hydrogen-bond acceptors (Lipinski definition) is 8. The van der Waals surface area contributed by atoms with Crippen LogP contribution < -0.4 is 16.4 Å². The molecule has 0 aliphatic carbocycles. The minimum atomic E-state index is -0.0326. The summed E-state index contributed by atoms with van der Waals surface area (Å²) in [6, 6.07) is 11.8.